The SMILES string of the molecule is Cc1c(F)cc(N)cc1S(=O)(=O)Nc1ccnc(Cl)n1. The van der Waals surface area contributed by atoms with Crippen LogP contribution < -0.4 is 10.5 Å². The van der Waals surface area contributed by atoms with E-state index in [1.165, 1.54) is 25.3 Å². The van der Waals surface area contributed by atoms with E-state index in [4.69, 9.17) is 17.3 Å². The summed E-state index contributed by atoms with van der Waals surface area (Å²) >= 11 is 5.56. The minimum Gasteiger partial charge on any atom is -0.399 e. The molecule has 2 rings (SSSR count). The molecule has 0 saturated heterocycles. The van der Waals surface area contributed by atoms with Crippen LogP contribution in [0.2, 0.25) is 5.28 Å². The number of halogens is 2. The van der Waals surface area contributed by atoms with Crippen molar-refractivity contribution in [1.29, 1.82) is 0 Å². The van der Waals surface area contributed by atoms with E-state index in [1.807, 2.05) is 0 Å². The average molecular weight is 317 g/mol. The molecule has 0 aliphatic heterocycles. The molecular formula is C11H10ClFN4O2S. The zero-order valence-electron chi connectivity index (χ0n) is 10.3. The Balaban J connectivity index is 2.46. The zero-order chi connectivity index (χ0) is 14.9. The fraction of sp³-hybridized carbons (Fsp3) is 0.0909. The maximum Gasteiger partial charge on any atom is 0.263 e. The summed E-state index contributed by atoms with van der Waals surface area (Å²) in [5.41, 5.74) is 5.44. The Labute approximate surface area is 119 Å². The third-order valence-corrected chi connectivity index (χ3v) is 4.14. The Morgan fingerprint density at radius 3 is 2.75 bits per heavy atom. The molecule has 2 aromatic rings. The van der Waals surface area contributed by atoms with E-state index in [9.17, 15) is 12.8 Å². The van der Waals surface area contributed by atoms with Crippen molar-refractivity contribution in [3.8, 4) is 0 Å². The number of aromatic nitrogens is 2. The van der Waals surface area contributed by atoms with Gasteiger partial charge in [-0.3, -0.25) is 4.72 Å². The summed E-state index contributed by atoms with van der Waals surface area (Å²) in [6.07, 6.45) is 1.29. The van der Waals surface area contributed by atoms with Gasteiger partial charge in [-0.25, -0.2) is 17.8 Å². The minimum absolute atomic E-state index is 0.00851. The number of nitrogens with one attached hydrogen (secondary N) is 1. The Hall–Kier alpha value is -1.93. The quantitative estimate of drug-likeness (QED) is 0.666. The third kappa shape index (κ3) is 2.97. The number of nitrogen functional groups attached to an aromatic ring is 1. The van der Waals surface area contributed by atoms with Crippen molar-refractivity contribution < 1.29 is 12.8 Å². The summed E-state index contributed by atoms with van der Waals surface area (Å²) in [6, 6.07) is 3.54. The van der Waals surface area contributed by atoms with Crippen LogP contribution in [-0.4, -0.2) is 18.4 Å². The summed E-state index contributed by atoms with van der Waals surface area (Å²) in [5.74, 6) is -0.724. The lowest BCUT2D eigenvalue weighted by atomic mass is 10.2. The number of benzene rings is 1. The number of nitrogens with two attached hydrogens (primary N) is 1. The van der Waals surface area contributed by atoms with Gasteiger partial charge in [-0.2, -0.15) is 4.98 Å². The Bertz CT molecular complexity index is 767. The van der Waals surface area contributed by atoms with Gasteiger partial charge in [-0.15, -0.1) is 0 Å². The summed E-state index contributed by atoms with van der Waals surface area (Å²) in [7, 11) is -4.02. The Morgan fingerprint density at radius 1 is 1.40 bits per heavy atom. The molecule has 0 bridgehead atoms. The Kier molecular flexibility index (Phi) is 3.78. The van der Waals surface area contributed by atoms with Gasteiger partial charge in [0.25, 0.3) is 10.0 Å². The van der Waals surface area contributed by atoms with Gasteiger partial charge >= 0.3 is 0 Å². The molecule has 0 aliphatic carbocycles. The lowest BCUT2D eigenvalue weighted by molar-refractivity contribution is 0.591. The van der Waals surface area contributed by atoms with E-state index in [1.54, 1.807) is 0 Å². The highest BCUT2D eigenvalue weighted by atomic mass is 35.5. The molecule has 0 fully saturated rings. The fourth-order valence-corrected chi connectivity index (χ4v) is 2.98. The van der Waals surface area contributed by atoms with Gasteiger partial charge in [0.05, 0.1) is 4.90 Å². The smallest absolute Gasteiger partial charge is 0.263 e. The first-order valence-electron chi connectivity index (χ1n) is 5.36. The monoisotopic (exact) mass is 316 g/mol. The number of anilines is 2. The molecule has 0 saturated carbocycles. The fourth-order valence-electron chi connectivity index (χ4n) is 1.54. The van der Waals surface area contributed by atoms with Crippen molar-refractivity contribution in [1.82, 2.24) is 9.97 Å². The zero-order valence-corrected chi connectivity index (χ0v) is 11.8. The van der Waals surface area contributed by atoms with Crippen LogP contribution in [0.5, 0.6) is 0 Å². The first-order chi connectivity index (χ1) is 9.29. The van der Waals surface area contributed by atoms with Crippen LogP contribution in [0.1, 0.15) is 5.56 Å². The lowest BCUT2D eigenvalue weighted by Crippen LogP contribution is -2.16. The topological polar surface area (TPSA) is 98.0 Å². The molecule has 3 N–H and O–H groups in total. The van der Waals surface area contributed by atoms with Gasteiger partial charge in [0.15, 0.2) is 0 Å². The van der Waals surface area contributed by atoms with Crippen LogP contribution in [0.15, 0.2) is 29.3 Å². The number of rotatable bonds is 3. The number of hydrogen-bond acceptors (Lipinski definition) is 5. The summed E-state index contributed by atoms with van der Waals surface area (Å²) < 4.78 is 40.1. The van der Waals surface area contributed by atoms with Gasteiger partial charge in [0, 0.05) is 17.4 Å². The second-order valence-electron chi connectivity index (χ2n) is 3.94. The molecule has 1 heterocycles. The third-order valence-electron chi connectivity index (χ3n) is 2.47. The molecule has 106 valence electrons. The maximum absolute atomic E-state index is 13.6. The predicted molar refractivity (Wildman–Crippen MR) is 73.4 cm³/mol. The number of nitrogens with zero attached hydrogens (tertiary/aromatic N) is 2. The van der Waals surface area contributed by atoms with Gasteiger partial charge in [0.1, 0.15) is 11.6 Å². The second kappa shape index (κ2) is 5.22. The normalized spacial score (nSPS) is 11.3. The summed E-state index contributed by atoms with van der Waals surface area (Å²) in [4.78, 5) is 7.07. The molecule has 0 aliphatic rings. The van der Waals surface area contributed by atoms with E-state index in [0.717, 1.165) is 6.07 Å². The largest absolute Gasteiger partial charge is 0.399 e. The number of sulfonamides is 1. The maximum atomic E-state index is 13.6. The van der Waals surface area contributed by atoms with Crippen LogP contribution >= 0.6 is 11.6 Å². The van der Waals surface area contributed by atoms with Crippen LogP contribution in [0.25, 0.3) is 0 Å². The van der Waals surface area contributed by atoms with Gasteiger partial charge in [-0.05, 0) is 36.7 Å². The molecule has 6 nitrogen and oxygen atoms in total. The summed E-state index contributed by atoms with van der Waals surface area (Å²) in [6.45, 7) is 1.34. The van der Waals surface area contributed by atoms with E-state index >= 15 is 0 Å². The van der Waals surface area contributed by atoms with E-state index < -0.39 is 15.8 Å². The van der Waals surface area contributed by atoms with Gasteiger partial charge in [-0.1, -0.05) is 0 Å². The van der Waals surface area contributed by atoms with E-state index in [-0.39, 0.29) is 27.2 Å². The first-order valence-corrected chi connectivity index (χ1v) is 7.23. The molecule has 1 aromatic carbocycles. The van der Waals surface area contributed by atoms with E-state index in [0.29, 0.717) is 0 Å². The molecule has 20 heavy (non-hydrogen) atoms. The molecule has 0 atom stereocenters. The van der Waals surface area contributed by atoms with Crippen molar-refractivity contribution in [3.63, 3.8) is 0 Å². The first kappa shape index (κ1) is 14.5. The summed E-state index contributed by atoms with van der Waals surface area (Å²) in [5, 5.41) is -0.110. The molecule has 9 heteroatoms. The van der Waals surface area contributed by atoms with Crippen molar-refractivity contribution in [2.75, 3.05) is 10.5 Å². The van der Waals surface area contributed by atoms with Crippen LogP contribution in [0.4, 0.5) is 15.9 Å². The van der Waals surface area contributed by atoms with Gasteiger partial charge in [0.2, 0.25) is 5.28 Å². The minimum atomic E-state index is -4.02. The molecule has 0 amide bonds. The van der Waals surface area contributed by atoms with Crippen LogP contribution in [0, 0.1) is 12.7 Å². The highest BCUT2D eigenvalue weighted by molar-refractivity contribution is 7.92. The molecule has 0 spiro atoms. The van der Waals surface area contributed by atoms with Crippen molar-refractivity contribution in [3.05, 3.63) is 41.1 Å². The van der Waals surface area contributed by atoms with Crippen LogP contribution in [0.3, 0.4) is 0 Å². The van der Waals surface area contributed by atoms with Crippen LogP contribution in [-0.2, 0) is 10.0 Å². The highest BCUT2D eigenvalue weighted by Crippen LogP contribution is 2.23. The molecule has 1 aromatic heterocycles. The lowest BCUT2D eigenvalue weighted by Gasteiger charge is -2.11. The number of hydrogen-bond donors (Lipinski definition) is 2. The van der Waals surface area contributed by atoms with E-state index in [2.05, 4.69) is 14.7 Å². The molecular weight excluding hydrogens is 307 g/mol. The van der Waals surface area contributed by atoms with Gasteiger partial charge < -0.3 is 5.73 Å². The average Bonchev–Trinajstić information content (AvgIpc) is 2.33. The van der Waals surface area contributed by atoms with Crippen molar-refractivity contribution >= 4 is 33.1 Å². The van der Waals surface area contributed by atoms with Crippen molar-refractivity contribution in [2.24, 2.45) is 0 Å². The second-order valence-corrected chi connectivity index (χ2v) is 5.93. The van der Waals surface area contributed by atoms with Crippen molar-refractivity contribution in [2.45, 2.75) is 11.8 Å². The molecule has 0 radical (unpaired) electrons. The predicted octanol–water partition coefficient (Wildman–Crippen LogP) is 1.96. The standard InChI is InChI=1S/C11H10ClFN4O2S/c1-6-8(13)4-7(14)5-9(6)20(18,19)17-10-2-3-15-11(12)16-10/h2-5H,14H2,1H3,(H,15,16,17). The highest BCUT2D eigenvalue weighted by Gasteiger charge is 2.20. The molecule has 0 unspecified atom stereocenters. The Morgan fingerprint density at radius 2 is 2.10 bits per heavy atom.